The van der Waals surface area contributed by atoms with Gasteiger partial charge in [-0.1, -0.05) is 11.6 Å². The number of aromatic carboxylic acids is 1. The molecule has 1 aromatic carbocycles. The Morgan fingerprint density at radius 3 is 2.78 bits per heavy atom. The first-order valence-corrected chi connectivity index (χ1v) is 5.69. The van der Waals surface area contributed by atoms with Crippen LogP contribution in [0.25, 0.3) is 21.8 Å². The highest BCUT2D eigenvalue weighted by Crippen LogP contribution is 2.29. The number of nitrogens with zero attached hydrogens (tertiary/aromatic N) is 1. The molecule has 3 aromatic rings. The van der Waals surface area contributed by atoms with Crippen molar-refractivity contribution in [2.75, 3.05) is 0 Å². The molecule has 0 amide bonds. The average Bonchev–Trinajstić information content (AvgIpc) is 2.67. The lowest BCUT2D eigenvalue weighted by atomic mass is 10.1. The summed E-state index contributed by atoms with van der Waals surface area (Å²) in [5.74, 6) is -0.989. The fourth-order valence-corrected chi connectivity index (χ4v) is 2.39. The van der Waals surface area contributed by atoms with Gasteiger partial charge >= 0.3 is 5.97 Å². The quantitative estimate of drug-likeness (QED) is 0.687. The van der Waals surface area contributed by atoms with Crippen molar-refractivity contribution in [1.29, 1.82) is 0 Å². The molecule has 0 aliphatic carbocycles. The molecule has 0 fully saturated rings. The van der Waals surface area contributed by atoms with Gasteiger partial charge in [-0.15, -0.1) is 0 Å². The smallest absolute Gasteiger partial charge is 0.354 e. The van der Waals surface area contributed by atoms with Crippen LogP contribution in [0.5, 0.6) is 0 Å². The molecule has 0 bridgehead atoms. The van der Waals surface area contributed by atoms with E-state index in [2.05, 4.69) is 16.0 Å². The minimum atomic E-state index is -0.989. The Balaban J connectivity index is 2.52. The molecular formula is C14H12N2O2. The molecule has 4 heteroatoms. The van der Waals surface area contributed by atoms with Crippen molar-refractivity contribution in [2.24, 2.45) is 0 Å². The first-order valence-electron chi connectivity index (χ1n) is 5.69. The van der Waals surface area contributed by atoms with Crippen molar-refractivity contribution in [2.45, 2.75) is 13.8 Å². The molecule has 18 heavy (non-hydrogen) atoms. The zero-order valence-corrected chi connectivity index (χ0v) is 10.1. The van der Waals surface area contributed by atoms with Crippen molar-refractivity contribution >= 4 is 27.8 Å². The molecule has 0 spiro atoms. The summed E-state index contributed by atoms with van der Waals surface area (Å²) >= 11 is 0. The van der Waals surface area contributed by atoms with E-state index in [1.54, 1.807) is 13.1 Å². The van der Waals surface area contributed by atoms with Gasteiger partial charge in [-0.3, -0.25) is 0 Å². The average molecular weight is 240 g/mol. The third kappa shape index (κ3) is 1.39. The summed E-state index contributed by atoms with van der Waals surface area (Å²) in [6.45, 7) is 3.82. The molecule has 0 saturated carbocycles. The van der Waals surface area contributed by atoms with Gasteiger partial charge in [0.1, 0.15) is 0 Å². The molecule has 0 aliphatic rings. The van der Waals surface area contributed by atoms with Gasteiger partial charge in [-0.05, 0) is 31.5 Å². The number of hydrogen-bond donors (Lipinski definition) is 2. The van der Waals surface area contributed by atoms with Crippen LogP contribution >= 0.6 is 0 Å². The molecule has 2 aromatic heterocycles. The van der Waals surface area contributed by atoms with Crippen LogP contribution in [0.3, 0.4) is 0 Å². The third-order valence-electron chi connectivity index (χ3n) is 3.24. The first kappa shape index (κ1) is 10.8. The minimum Gasteiger partial charge on any atom is -0.477 e. The Morgan fingerprint density at radius 1 is 1.28 bits per heavy atom. The number of carbonyl (C=O) groups is 1. The van der Waals surface area contributed by atoms with Gasteiger partial charge in [0.15, 0.2) is 5.69 Å². The number of benzene rings is 1. The van der Waals surface area contributed by atoms with E-state index >= 15 is 0 Å². The highest BCUT2D eigenvalue weighted by molar-refractivity contribution is 6.10. The van der Waals surface area contributed by atoms with Crippen molar-refractivity contribution < 1.29 is 9.90 Å². The molecule has 3 rings (SSSR count). The number of aromatic nitrogens is 2. The summed E-state index contributed by atoms with van der Waals surface area (Å²) in [5.41, 5.74) is 3.85. The van der Waals surface area contributed by atoms with Crippen LogP contribution in [0.4, 0.5) is 0 Å². The number of pyridine rings is 1. The number of nitrogens with one attached hydrogen (secondary N) is 1. The second-order valence-corrected chi connectivity index (χ2v) is 4.50. The van der Waals surface area contributed by atoms with E-state index < -0.39 is 5.97 Å². The van der Waals surface area contributed by atoms with Crippen LogP contribution < -0.4 is 0 Å². The number of carboxylic acids is 1. The van der Waals surface area contributed by atoms with Gasteiger partial charge in [-0.25, -0.2) is 9.78 Å². The predicted octanol–water partition coefficient (Wildman–Crippen LogP) is 3.03. The van der Waals surface area contributed by atoms with E-state index in [0.29, 0.717) is 5.56 Å². The molecule has 0 radical (unpaired) electrons. The Labute approximate surface area is 103 Å². The van der Waals surface area contributed by atoms with Crippen LogP contribution in [0.15, 0.2) is 24.4 Å². The van der Waals surface area contributed by atoms with Gasteiger partial charge in [0, 0.05) is 16.3 Å². The van der Waals surface area contributed by atoms with E-state index in [9.17, 15) is 4.79 Å². The van der Waals surface area contributed by atoms with Gasteiger partial charge in [0.2, 0.25) is 0 Å². The molecule has 4 nitrogen and oxygen atoms in total. The minimum absolute atomic E-state index is 0.116. The summed E-state index contributed by atoms with van der Waals surface area (Å²) in [6.07, 6.45) is 1.58. The van der Waals surface area contributed by atoms with Gasteiger partial charge in [0.05, 0.1) is 11.7 Å². The van der Waals surface area contributed by atoms with E-state index in [1.165, 1.54) is 0 Å². The van der Waals surface area contributed by atoms with E-state index in [-0.39, 0.29) is 5.69 Å². The zero-order chi connectivity index (χ0) is 12.9. The summed E-state index contributed by atoms with van der Waals surface area (Å²) in [5, 5.41) is 11.1. The van der Waals surface area contributed by atoms with Crippen molar-refractivity contribution in [3.8, 4) is 0 Å². The Bertz CT molecular complexity index is 787. The van der Waals surface area contributed by atoms with Crippen molar-refractivity contribution in [3.63, 3.8) is 0 Å². The molecule has 0 aliphatic heterocycles. The van der Waals surface area contributed by atoms with Gasteiger partial charge < -0.3 is 10.1 Å². The first-order chi connectivity index (χ1) is 8.58. The number of carboxylic acid groups (broad SMARTS) is 1. The van der Waals surface area contributed by atoms with Crippen LogP contribution in [0.2, 0.25) is 0 Å². The Hall–Kier alpha value is -2.36. The molecule has 90 valence electrons. The fraction of sp³-hybridized carbons (Fsp3) is 0.143. The molecule has 0 unspecified atom stereocenters. The van der Waals surface area contributed by atoms with Crippen LogP contribution in [0, 0.1) is 13.8 Å². The maximum absolute atomic E-state index is 11.1. The number of aryl methyl sites for hydroxylation is 2. The molecule has 2 N–H and O–H groups in total. The number of aromatic amines is 1. The number of H-pyrrole nitrogens is 1. The standard InChI is InChI=1S/C14H12N2O2/c1-7-3-4-10-9(5-7)12-8(2)13(14(17)18)15-6-11(12)16-10/h3-6,16H,1-2H3,(H,17,18). The Kier molecular flexibility index (Phi) is 2.13. The monoisotopic (exact) mass is 240 g/mol. The van der Waals surface area contributed by atoms with E-state index in [4.69, 9.17) is 5.11 Å². The topological polar surface area (TPSA) is 66.0 Å². The lowest BCUT2D eigenvalue weighted by Crippen LogP contribution is -2.03. The lowest BCUT2D eigenvalue weighted by molar-refractivity contribution is 0.0690. The molecule has 0 atom stereocenters. The summed E-state index contributed by atoms with van der Waals surface area (Å²) in [6, 6.07) is 6.09. The number of rotatable bonds is 1. The van der Waals surface area contributed by atoms with Crippen molar-refractivity contribution in [1.82, 2.24) is 9.97 Å². The molecule has 0 saturated heterocycles. The normalized spacial score (nSPS) is 11.2. The van der Waals surface area contributed by atoms with Gasteiger partial charge in [0.25, 0.3) is 0 Å². The number of hydrogen-bond acceptors (Lipinski definition) is 2. The Morgan fingerprint density at radius 2 is 2.06 bits per heavy atom. The number of fused-ring (bicyclic) bond motifs is 3. The van der Waals surface area contributed by atoms with Crippen LogP contribution in [-0.2, 0) is 0 Å². The predicted molar refractivity (Wildman–Crippen MR) is 70.0 cm³/mol. The summed E-state index contributed by atoms with van der Waals surface area (Å²) < 4.78 is 0. The SMILES string of the molecule is Cc1ccc2[nH]c3cnc(C(=O)O)c(C)c3c2c1. The second kappa shape index (κ2) is 3.57. The highest BCUT2D eigenvalue weighted by Gasteiger charge is 2.15. The molecule has 2 heterocycles. The van der Waals surface area contributed by atoms with E-state index in [1.807, 2.05) is 19.1 Å². The van der Waals surface area contributed by atoms with Crippen molar-refractivity contribution in [3.05, 3.63) is 41.2 Å². The summed E-state index contributed by atoms with van der Waals surface area (Å²) in [4.78, 5) is 18.4. The third-order valence-corrected chi connectivity index (χ3v) is 3.24. The summed E-state index contributed by atoms with van der Waals surface area (Å²) in [7, 11) is 0. The second-order valence-electron chi connectivity index (χ2n) is 4.50. The van der Waals surface area contributed by atoms with E-state index in [0.717, 1.165) is 27.4 Å². The van der Waals surface area contributed by atoms with Crippen LogP contribution in [-0.4, -0.2) is 21.0 Å². The maximum atomic E-state index is 11.1. The largest absolute Gasteiger partial charge is 0.477 e. The highest BCUT2D eigenvalue weighted by atomic mass is 16.4. The van der Waals surface area contributed by atoms with Gasteiger partial charge in [-0.2, -0.15) is 0 Å². The maximum Gasteiger partial charge on any atom is 0.354 e. The fourth-order valence-electron chi connectivity index (χ4n) is 2.39. The molecular weight excluding hydrogens is 228 g/mol. The lowest BCUT2D eigenvalue weighted by Gasteiger charge is -2.01. The zero-order valence-electron chi connectivity index (χ0n) is 10.1. The van der Waals surface area contributed by atoms with Crippen LogP contribution in [0.1, 0.15) is 21.6 Å².